The molecule has 2 heterocycles. The number of fused-ring (bicyclic) bond motifs is 3. The first kappa shape index (κ1) is 19.8. The second-order valence-electron chi connectivity index (χ2n) is 7.58. The molecule has 0 radical (unpaired) electrons. The summed E-state index contributed by atoms with van der Waals surface area (Å²) in [6.45, 7) is 6.86. The SMILES string of the molecule is C=C1C(=O)OC2[C@H]3O[C@]3(C)CC/C=C(\C)C[C@H](OC(=O)/C(=C/CO)CO)[C@@H]12. The Morgan fingerprint density at radius 1 is 1.48 bits per heavy atom. The lowest BCUT2D eigenvalue weighted by atomic mass is 9.82. The van der Waals surface area contributed by atoms with E-state index in [1.807, 2.05) is 13.8 Å². The Morgan fingerprint density at radius 3 is 2.89 bits per heavy atom. The van der Waals surface area contributed by atoms with Crippen molar-refractivity contribution < 1.29 is 34.0 Å². The van der Waals surface area contributed by atoms with E-state index >= 15 is 0 Å². The monoisotopic (exact) mass is 378 g/mol. The standard InChI is InChI=1S/C20H26O7/c1-11-5-4-7-20(3)17(27-20)16-15(12(2)18(23)26-16)14(9-11)25-19(24)13(10-22)6-8-21/h5-6,14-17,21-22H,2,4,7-10H2,1,3H3/b11-5+,13-6+/t14-,15+,16?,17+,20+/m0/s1. The van der Waals surface area contributed by atoms with Gasteiger partial charge >= 0.3 is 11.9 Å². The lowest BCUT2D eigenvalue weighted by molar-refractivity contribution is -0.149. The first-order valence-electron chi connectivity index (χ1n) is 9.15. The number of epoxide rings is 1. The number of carbonyl (C=O) groups excluding carboxylic acids is 2. The fraction of sp³-hybridized carbons (Fsp3) is 0.600. The lowest BCUT2D eigenvalue weighted by Gasteiger charge is -2.28. The minimum Gasteiger partial charge on any atom is -0.458 e. The summed E-state index contributed by atoms with van der Waals surface area (Å²) in [6.07, 6.45) is 3.85. The van der Waals surface area contributed by atoms with Crippen LogP contribution >= 0.6 is 0 Å². The van der Waals surface area contributed by atoms with Crippen LogP contribution in [0.2, 0.25) is 0 Å². The fourth-order valence-corrected chi connectivity index (χ4v) is 3.95. The van der Waals surface area contributed by atoms with Crippen LogP contribution < -0.4 is 0 Å². The molecule has 0 amide bonds. The predicted molar refractivity (Wildman–Crippen MR) is 95.5 cm³/mol. The maximum absolute atomic E-state index is 12.5. The molecule has 2 saturated heterocycles. The van der Waals surface area contributed by atoms with Gasteiger partial charge in [-0.05, 0) is 32.8 Å². The molecule has 7 nitrogen and oxygen atoms in total. The van der Waals surface area contributed by atoms with Gasteiger partial charge in [0.2, 0.25) is 0 Å². The summed E-state index contributed by atoms with van der Waals surface area (Å²) in [7, 11) is 0. The van der Waals surface area contributed by atoms with Gasteiger partial charge < -0.3 is 24.4 Å². The van der Waals surface area contributed by atoms with Crippen LogP contribution in [0.4, 0.5) is 0 Å². The number of rotatable bonds is 4. The molecule has 1 aliphatic carbocycles. The van der Waals surface area contributed by atoms with Crippen molar-refractivity contribution in [1.82, 2.24) is 0 Å². The highest BCUT2D eigenvalue weighted by atomic mass is 16.6. The first-order chi connectivity index (χ1) is 12.8. The molecule has 3 rings (SSSR count). The van der Waals surface area contributed by atoms with Gasteiger partial charge in [-0.2, -0.15) is 0 Å². The average molecular weight is 378 g/mol. The molecule has 1 unspecified atom stereocenters. The number of ether oxygens (including phenoxy) is 3. The highest BCUT2D eigenvalue weighted by Crippen LogP contribution is 2.50. The second kappa shape index (κ2) is 7.58. The van der Waals surface area contributed by atoms with Gasteiger partial charge in [0.05, 0.1) is 30.3 Å². The Morgan fingerprint density at radius 2 is 2.22 bits per heavy atom. The molecule has 0 bridgehead atoms. The molecule has 0 spiro atoms. The number of aliphatic hydroxyl groups excluding tert-OH is 2. The van der Waals surface area contributed by atoms with Crippen molar-refractivity contribution in [2.24, 2.45) is 5.92 Å². The molecule has 0 saturated carbocycles. The Hall–Kier alpha value is -1.96. The van der Waals surface area contributed by atoms with Crippen molar-refractivity contribution in [3.8, 4) is 0 Å². The zero-order valence-electron chi connectivity index (χ0n) is 15.6. The van der Waals surface area contributed by atoms with Crippen LogP contribution in [0.1, 0.15) is 33.1 Å². The van der Waals surface area contributed by atoms with Gasteiger partial charge in [-0.15, -0.1) is 0 Å². The summed E-state index contributed by atoms with van der Waals surface area (Å²) in [5, 5.41) is 18.4. The molecule has 148 valence electrons. The van der Waals surface area contributed by atoms with Crippen LogP contribution in [0.5, 0.6) is 0 Å². The third-order valence-electron chi connectivity index (χ3n) is 5.59. The van der Waals surface area contributed by atoms with E-state index in [0.717, 1.165) is 18.4 Å². The van der Waals surface area contributed by atoms with E-state index in [0.29, 0.717) is 6.42 Å². The topological polar surface area (TPSA) is 106 Å². The fourth-order valence-electron chi connectivity index (χ4n) is 3.95. The van der Waals surface area contributed by atoms with Crippen LogP contribution in [0, 0.1) is 5.92 Å². The molecule has 2 N–H and O–H groups in total. The number of aliphatic hydroxyl groups is 2. The quantitative estimate of drug-likeness (QED) is 0.328. The van der Waals surface area contributed by atoms with Crippen LogP contribution in [0.3, 0.4) is 0 Å². The Kier molecular flexibility index (Phi) is 5.55. The zero-order valence-corrected chi connectivity index (χ0v) is 15.6. The Labute approximate surface area is 158 Å². The molecule has 7 heteroatoms. The lowest BCUT2D eigenvalue weighted by Crippen LogP contribution is -2.38. The Bertz CT molecular complexity index is 707. The van der Waals surface area contributed by atoms with Gasteiger partial charge in [-0.25, -0.2) is 9.59 Å². The minimum atomic E-state index is -0.730. The minimum absolute atomic E-state index is 0.0314. The number of allylic oxidation sites excluding steroid dienone is 1. The first-order valence-corrected chi connectivity index (χ1v) is 9.15. The zero-order chi connectivity index (χ0) is 19.8. The van der Waals surface area contributed by atoms with Gasteiger partial charge in [-0.3, -0.25) is 0 Å². The number of esters is 2. The summed E-state index contributed by atoms with van der Waals surface area (Å²) in [6, 6.07) is 0. The smallest absolute Gasteiger partial charge is 0.336 e. The maximum atomic E-state index is 12.5. The largest absolute Gasteiger partial charge is 0.458 e. The maximum Gasteiger partial charge on any atom is 0.336 e. The van der Waals surface area contributed by atoms with E-state index in [1.54, 1.807) is 0 Å². The third kappa shape index (κ3) is 3.85. The summed E-state index contributed by atoms with van der Waals surface area (Å²) in [4.78, 5) is 24.6. The van der Waals surface area contributed by atoms with Crippen LogP contribution in [0.25, 0.3) is 0 Å². The number of carbonyl (C=O) groups is 2. The highest BCUT2D eigenvalue weighted by molar-refractivity contribution is 5.92. The van der Waals surface area contributed by atoms with Crippen molar-refractivity contribution in [3.05, 3.63) is 35.5 Å². The van der Waals surface area contributed by atoms with Gasteiger partial charge in [0, 0.05) is 12.0 Å². The van der Waals surface area contributed by atoms with E-state index in [-0.39, 0.29) is 29.5 Å². The van der Waals surface area contributed by atoms with E-state index in [1.165, 1.54) is 6.08 Å². The van der Waals surface area contributed by atoms with Crippen LogP contribution in [-0.2, 0) is 23.8 Å². The van der Waals surface area contributed by atoms with Crippen molar-refractivity contribution in [1.29, 1.82) is 0 Å². The van der Waals surface area contributed by atoms with E-state index in [9.17, 15) is 14.7 Å². The molecule has 3 aliphatic rings. The van der Waals surface area contributed by atoms with Crippen molar-refractivity contribution in [2.75, 3.05) is 13.2 Å². The molecule has 0 aromatic carbocycles. The molecule has 2 aliphatic heterocycles. The molecule has 0 aromatic heterocycles. The van der Waals surface area contributed by atoms with E-state index in [2.05, 4.69) is 12.7 Å². The summed E-state index contributed by atoms with van der Waals surface area (Å²) < 4.78 is 17.1. The van der Waals surface area contributed by atoms with Gasteiger partial charge in [-0.1, -0.05) is 18.2 Å². The predicted octanol–water partition coefficient (Wildman–Crippen LogP) is 1.19. The van der Waals surface area contributed by atoms with Gasteiger partial charge in [0.15, 0.2) is 0 Å². The highest BCUT2D eigenvalue weighted by Gasteiger charge is 2.63. The van der Waals surface area contributed by atoms with Gasteiger partial charge in [0.25, 0.3) is 0 Å². The van der Waals surface area contributed by atoms with E-state index in [4.69, 9.17) is 19.3 Å². The normalized spacial score (nSPS) is 38.2. The average Bonchev–Trinajstić information content (AvgIpc) is 3.19. The van der Waals surface area contributed by atoms with Crippen LogP contribution in [-0.4, -0.2) is 59.3 Å². The molecular formula is C20H26O7. The van der Waals surface area contributed by atoms with Crippen LogP contribution in [0.15, 0.2) is 35.5 Å². The molecular weight excluding hydrogens is 352 g/mol. The molecule has 27 heavy (non-hydrogen) atoms. The van der Waals surface area contributed by atoms with Crippen molar-refractivity contribution in [2.45, 2.75) is 57.0 Å². The molecule has 5 atom stereocenters. The molecule has 0 aromatic rings. The molecule has 2 fully saturated rings. The number of hydrogen-bond donors (Lipinski definition) is 2. The number of hydrogen-bond acceptors (Lipinski definition) is 7. The van der Waals surface area contributed by atoms with E-state index < -0.39 is 36.7 Å². The third-order valence-corrected chi connectivity index (χ3v) is 5.59. The Balaban J connectivity index is 1.92. The summed E-state index contributed by atoms with van der Waals surface area (Å²) >= 11 is 0. The second-order valence-corrected chi connectivity index (χ2v) is 7.58. The van der Waals surface area contributed by atoms with Crippen molar-refractivity contribution in [3.63, 3.8) is 0 Å². The summed E-state index contributed by atoms with van der Waals surface area (Å²) in [5.41, 5.74) is 0.888. The van der Waals surface area contributed by atoms with Crippen molar-refractivity contribution >= 4 is 11.9 Å². The van der Waals surface area contributed by atoms with Gasteiger partial charge in [0.1, 0.15) is 18.3 Å². The summed E-state index contributed by atoms with van der Waals surface area (Å²) in [5.74, 6) is -1.76.